The van der Waals surface area contributed by atoms with Gasteiger partial charge in [-0.25, -0.2) is 4.79 Å². The number of aliphatic carboxylic acids is 1. The number of carbonyl (C=O) groups is 4. The highest BCUT2D eigenvalue weighted by Gasteiger charge is 2.67. The number of aryl methyl sites for hydroxylation is 1. The number of fused-ring (bicyclic) bond motifs is 3. The zero-order valence-corrected chi connectivity index (χ0v) is 20.6. The van der Waals surface area contributed by atoms with Gasteiger partial charge in [0.15, 0.2) is 11.9 Å². The quantitative estimate of drug-likeness (QED) is 0.617. The molecule has 5 rings (SSSR count). The first kappa shape index (κ1) is 24.3. The Hall–Kier alpha value is -3.42. The minimum absolute atomic E-state index is 0.0882. The van der Waals surface area contributed by atoms with Gasteiger partial charge >= 0.3 is 17.9 Å². The Bertz CT molecular complexity index is 1200. The summed E-state index contributed by atoms with van der Waals surface area (Å²) in [6, 6.07) is 8.50. The van der Waals surface area contributed by atoms with Crippen molar-refractivity contribution >= 4 is 23.7 Å². The molecular weight excluding hydrogens is 464 g/mol. The van der Waals surface area contributed by atoms with Crippen molar-refractivity contribution in [3.63, 3.8) is 0 Å². The number of hydrogen-bond acceptors (Lipinski definition) is 7. The molecule has 1 N–H and O–H groups in total. The van der Waals surface area contributed by atoms with Crippen molar-refractivity contribution in [2.24, 2.45) is 28.6 Å². The first-order valence-electron chi connectivity index (χ1n) is 12.3. The lowest BCUT2D eigenvalue weighted by Crippen LogP contribution is -2.64. The fraction of sp³-hybridized carbons (Fsp3) is 0.500. The first-order chi connectivity index (χ1) is 17.0. The number of ether oxygens (including phenoxy) is 2. The third kappa shape index (κ3) is 3.74. The predicted octanol–water partition coefficient (Wildman–Crippen LogP) is 4.51. The highest BCUT2D eigenvalue weighted by Crippen LogP contribution is 2.65. The number of furan rings is 1. The van der Waals surface area contributed by atoms with Crippen LogP contribution in [-0.2, 0) is 23.9 Å². The molecule has 2 saturated carbocycles. The van der Waals surface area contributed by atoms with Crippen LogP contribution in [0.15, 0.2) is 47.3 Å². The average molecular weight is 495 g/mol. The topological polar surface area (TPSA) is 120 Å². The maximum absolute atomic E-state index is 14.1. The number of benzene rings is 1. The smallest absolute Gasteiger partial charge is 0.338 e. The van der Waals surface area contributed by atoms with Crippen LogP contribution in [0.5, 0.6) is 0 Å². The van der Waals surface area contributed by atoms with E-state index in [4.69, 9.17) is 13.9 Å². The standard InChI is InChI=1S/C28H30O8/c1-15-4-6-16(7-5-15)25(32)35-20-12-19(24(30)31)27(2)10-8-18-26(33)36-21(17-9-11-34-14-17)13-28(18,3)23(27)22(20)29/h4-7,9,11,14,18-21,23H,8,10,12-13H2,1-3H3,(H,30,31). The normalized spacial score (nSPS) is 35.8. The third-order valence-electron chi connectivity index (χ3n) is 8.85. The van der Waals surface area contributed by atoms with Crippen LogP contribution in [0.2, 0.25) is 0 Å². The molecule has 0 amide bonds. The Kier molecular flexibility index (Phi) is 5.80. The van der Waals surface area contributed by atoms with E-state index in [0.29, 0.717) is 30.4 Å². The van der Waals surface area contributed by atoms with E-state index >= 15 is 0 Å². The highest BCUT2D eigenvalue weighted by molar-refractivity contribution is 5.96. The van der Waals surface area contributed by atoms with Gasteiger partial charge in [-0.1, -0.05) is 31.5 Å². The second-order valence-electron chi connectivity index (χ2n) is 11.0. The molecule has 1 aromatic carbocycles. The van der Waals surface area contributed by atoms with Gasteiger partial charge in [0.05, 0.1) is 29.9 Å². The zero-order chi connectivity index (χ0) is 25.8. The number of carboxylic acid groups (broad SMARTS) is 1. The van der Waals surface area contributed by atoms with Gasteiger partial charge in [-0.05, 0) is 55.2 Å². The van der Waals surface area contributed by atoms with Crippen LogP contribution in [0.3, 0.4) is 0 Å². The number of Topliss-reactive ketones (excluding diaryl/α,β-unsaturated/α-hetero) is 1. The summed E-state index contributed by atoms with van der Waals surface area (Å²) in [4.78, 5) is 52.6. The molecule has 3 fully saturated rings. The Morgan fingerprint density at radius 1 is 1.08 bits per heavy atom. The fourth-order valence-corrected chi connectivity index (χ4v) is 7.03. The molecule has 1 saturated heterocycles. The molecule has 0 radical (unpaired) electrons. The molecule has 2 heterocycles. The third-order valence-corrected chi connectivity index (χ3v) is 8.85. The Morgan fingerprint density at radius 3 is 2.44 bits per heavy atom. The summed E-state index contributed by atoms with van der Waals surface area (Å²) in [6.07, 6.45) is 2.28. The van der Waals surface area contributed by atoms with Gasteiger partial charge in [-0.2, -0.15) is 0 Å². The van der Waals surface area contributed by atoms with Crippen molar-refractivity contribution in [1.29, 1.82) is 0 Å². The van der Waals surface area contributed by atoms with Crippen LogP contribution in [0, 0.1) is 35.5 Å². The van der Waals surface area contributed by atoms with E-state index in [9.17, 15) is 24.3 Å². The zero-order valence-electron chi connectivity index (χ0n) is 20.6. The van der Waals surface area contributed by atoms with E-state index in [2.05, 4.69) is 0 Å². The molecule has 36 heavy (non-hydrogen) atoms. The van der Waals surface area contributed by atoms with Crippen LogP contribution >= 0.6 is 0 Å². The lowest BCUT2D eigenvalue weighted by Gasteiger charge is -2.60. The molecule has 8 heteroatoms. The summed E-state index contributed by atoms with van der Waals surface area (Å²) in [5.74, 6) is -4.66. The van der Waals surface area contributed by atoms with Gasteiger partial charge in [0.25, 0.3) is 0 Å². The van der Waals surface area contributed by atoms with Crippen molar-refractivity contribution in [2.45, 2.75) is 58.7 Å². The van der Waals surface area contributed by atoms with Gasteiger partial charge < -0.3 is 19.0 Å². The Balaban J connectivity index is 1.52. The average Bonchev–Trinajstić information content (AvgIpc) is 3.35. The van der Waals surface area contributed by atoms with Crippen molar-refractivity contribution in [3.05, 3.63) is 59.5 Å². The summed E-state index contributed by atoms with van der Waals surface area (Å²) in [5.41, 5.74) is 0.196. The van der Waals surface area contributed by atoms with E-state index < -0.39 is 58.7 Å². The lowest BCUT2D eigenvalue weighted by atomic mass is 9.43. The molecule has 0 spiro atoms. The monoisotopic (exact) mass is 494 g/mol. The molecule has 1 aliphatic heterocycles. The van der Waals surface area contributed by atoms with Gasteiger partial charge in [0.1, 0.15) is 6.10 Å². The van der Waals surface area contributed by atoms with Gasteiger partial charge in [-0.3, -0.25) is 14.4 Å². The summed E-state index contributed by atoms with van der Waals surface area (Å²) >= 11 is 0. The van der Waals surface area contributed by atoms with Crippen LogP contribution in [-0.4, -0.2) is 34.9 Å². The summed E-state index contributed by atoms with van der Waals surface area (Å²) in [5, 5.41) is 10.2. The van der Waals surface area contributed by atoms with E-state index in [1.807, 2.05) is 20.8 Å². The molecule has 7 unspecified atom stereocenters. The number of esters is 2. The van der Waals surface area contributed by atoms with Crippen LogP contribution in [0.25, 0.3) is 0 Å². The maximum Gasteiger partial charge on any atom is 0.338 e. The van der Waals surface area contributed by atoms with Gasteiger partial charge in [0.2, 0.25) is 0 Å². The minimum Gasteiger partial charge on any atom is -0.481 e. The molecule has 0 bridgehead atoms. The van der Waals surface area contributed by atoms with E-state index in [-0.39, 0.29) is 12.2 Å². The molecule has 190 valence electrons. The van der Waals surface area contributed by atoms with Crippen molar-refractivity contribution in [2.75, 3.05) is 0 Å². The van der Waals surface area contributed by atoms with E-state index in [1.54, 1.807) is 30.3 Å². The van der Waals surface area contributed by atoms with Crippen LogP contribution < -0.4 is 0 Å². The molecular formula is C28H30O8. The SMILES string of the molecule is Cc1ccc(C(=O)OC2CC(C(=O)O)C3(C)CCC4C(=O)OC(c5ccoc5)CC4(C)C3C2=O)cc1. The molecule has 3 aliphatic rings. The molecule has 8 nitrogen and oxygen atoms in total. The number of ketones is 1. The van der Waals surface area contributed by atoms with Crippen LogP contribution in [0.4, 0.5) is 0 Å². The van der Waals surface area contributed by atoms with E-state index in [1.165, 1.54) is 12.5 Å². The van der Waals surface area contributed by atoms with Crippen molar-refractivity contribution in [1.82, 2.24) is 0 Å². The number of hydrogen-bond donors (Lipinski definition) is 1. The minimum atomic E-state index is -1.21. The van der Waals surface area contributed by atoms with E-state index in [0.717, 1.165) is 5.56 Å². The second kappa shape index (κ2) is 8.61. The first-order valence-corrected chi connectivity index (χ1v) is 12.3. The number of cyclic esters (lactones) is 1. The van der Waals surface area contributed by atoms with Crippen molar-refractivity contribution in [3.8, 4) is 0 Å². The van der Waals surface area contributed by atoms with Gasteiger partial charge in [0, 0.05) is 17.9 Å². The van der Waals surface area contributed by atoms with Crippen LogP contribution in [0.1, 0.15) is 67.1 Å². The molecule has 1 aromatic heterocycles. The van der Waals surface area contributed by atoms with Crippen molar-refractivity contribution < 1.29 is 38.2 Å². The molecule has 2 aromatic rings. The summed E-state index contributed by atoms with van der Waals surface area (Å²) in [6.45, 7) is 5.61. The Labute approximate surface area is 209 Å². The predicted molar refractivity (Wildman–Crippen MR) is 126 cm³/mol. The fourth-order valence-electron chi connectivity index (χ4n) is 7.03. The molecule has 7 atom stereocenters. The second-order valence-corrected chi connectivity index (χ2v) is 11.0. The lowest BCUT2D eigenvalue weighted by molar-refractivity contribution is -0.207. The maximum atomic E-state index is 14.1. The number of carboxylic acids is 1. The number of rotatable bonds is 4. The molecule has 2 aliphatic carbocycles. The Morgan fingerprint density at radius 2 is 1.81 bits per heavy atom. The number of carbonyl (C=O) groups excluding carboxylic acids is 3. The summed E-state index contributed by atoms with van der Waals surface area (Å²) < 4.78 is 16.6. The van der Waals surface area contributed by atoms with Gasteiger partial charge in [-0.15, -0.1) is 0 Å². The largest absolute Gasteiger partial charge is 0.481 e. The highest BCUT2D eigenvalue weighted by atomic mass is 16.6. The summed E-state index contributed by atoms with van der Waals surface area (Å²) in [7, 11) is 0.